The number of fused-ring (bicyclic) bond motifs is 4. The van der Waals surface area contributed by atoms with Crippen molar-refractivity contribution in [2.75, 3.05) is 18.6 Å². The first-order valence-electron chi connectivity index (χ1n) is 15.3. The zero-order chi connectivity index (χ0) is 32.2. The number of carbonyl (C=O) groups excluding carboxylic acids is 4. The van der Waals surface area contributed by atoms with Gasteiger partial charge in [-0.1, -0.05) is 36.3 Å². The van der Waals surface area contributed by atoms with E-state index >= 15 is 0 Å². The third-order valence-corrected chi connectivity index (χ3v) is 10.9. The van der Waals surface area contributed by atoms with Gasteiger partial charge in [-0.15, -0.1) is 0 Å². The first-order valence-corrected chi connectivity index (χ1v) is 16.1. The number of methoxy groups -OCH3 is 1. The number of nitrogens with zero attached hydrogens (tertiary/aromatic N) is 2. The van der Waals surface area contributed by atoms with Crippen LogP contribution in [0, 0.1) is 29.1 Å². The van der Waals surface area contributed by atoms with Crippen LogP contribution in [-0.2, 0) is 24.0 Å². The van der Waals surface area contributed by atoms with Crippen LogP contribution in [0.1, 0.15) is 56.9 Å². The predicted octanol–water partition coefficient (Wildman–Crippen LogP) is 5.04. The number of imide groups is 2. The molecule has 3 fully saturated rings. The molecular formula is C34H35BrN2O8. The van der Waals surface area contributed by atoms with E-state index in [1.54, 1.807) is 36.4 Å². The van der Waals surface area contributed by atoms with Gasteiger partial charge in [0.1, 0.15) is 0 Å². The van der Waals surface area contributed by atoms with Crippen LogP contribution < -0.4 is 9.64 Å². The highest BCUT2D eigenvalue weighted by atomic mass is 79.9. The second kappa shape index (κ2) is 11.7. The molecule has 45 heavy (non-hydrogen) atoms. The number of aromatic hydroxyl groups is 1. The molecule has 6 unspecified atom stereocenters. The number of ether oxygens (including phenoxy) is 1. The van der Waals surface area contributed by atoms with E-state index in [2.05, 4.69) is 15.9 Å². The highest BCUT2D eigenvalue weighted by molar-refractivity contribution is 9.10. The third kappa shape index (κ3) is 4.86. The Balaban J connectivity index is 1.41. The van der Waals surface area contributed by atoms with E-state index in [9.17, 15) is 29.1 Å². The molecule has 236 valence electrons. The Morgan fingerprint density at radius 2 is 1.76 bits per heavy atom. The van der Waals surface area contributed by atoms with Crippen molar-refractivity contribution in [1.82, 2.24) is 4.90 Å². The Labute approximate surface area is 269 Å². The second-order valence-electron chi connectivity index (χ2n) is 12.6. The summed E-state index contributed by atoms with van der Waals surface area (Å²) in [5, 5.41) is 19.5. The third-order valence-electron chi connectivity index (χ3n) is 10.3. The van der Waals surface area contributed by atoms with Crippen LogP contribution in [0.15, 0.2) is 58.6 Å². The standard InChI is InChI=1S/C34H35BrN2O8/c1-34-23(31(42)37(33(34)44)19-9-5-3-6-10-19)17-22-20(28(34)18-15-24(35)29(40)25(16-18)45-2)12-13-21-27(22)32(43)36(30(21)41)14-8-4-7-11-26(38)39/h3,5-6,9-10,12,15-16,21-23,27-28,40H,4,7-8,11,13-14,17H2,1-2H3,(H,38,39). The fourth-order valence-electron chi connectivity index (χ4n) is 8.14. The molecule has 0 bridgehead atoms. The Morgan fingerprint density at radius 1 is 1.02 bits per heavy atom. The van der Waals surface area contributed by atoms with Gasteiger partial charge in [-0.3, -0.25) is 28.9 Å². The number of unbranched alkanes of at least 4 members (excludes halogenated alkanes) is 2. The van der Waals surface area contributed by atoms with Crippen LogP contribution in [0.25, 0.3) is 0 Å². The van der Waals surface area contributed by atoms with Gasteiger partial charge in [0.15, 0.2) is 11.5 Å². The SMILES string of the molecule is COc1cc(C2C3=CCC4C(=O)N(CCCCCC(=O)O)C(=O)C4C3CC3C(=O)N(c4ccccc4)C(=O)C32C)cc(Br)c1O. The van der Waals surface area contributed by atoms with Gasteiger partial charge >= 0.3 is 5.97 Å². The van der Waals surface area contributed by atoms with E-state index in [-0.39, 0.29) is 54.5 Å². The predicted molar refractivity (Wildman–Crippen MR) is 166 cm³/mol. The van der Waals surface area contributed by atoms with E-state index in [1.807, 2.05) is 19.1 Å². The number of benzene rings is 2. The summed E-state index contributed by atoms with van der Waals surface area (Å²) in [4.78, 5) is 69.7. The maximum absolute atomic E-state index is 14.5. The summed E-state index contributed by atoms with van der Waals surface area (Å²) in [5.41, 5.74) is 0.762. The van der Waals surface area contributed by atoms with E-state index < -0.39 is 41.0 Å². The van der Waals surface area contributed by atoms with Crippen molar-refractivity contribution in [3.8, 4) is 11.5 Å². The lowest BCUT2D eigenvalue weighted by atomic mass is 9.51. The number of aliphatic carboxylic acids is 1. The van der Waals surface area contributed by atoms with Crippen LogP contribution in [0.5, 0.6) is 11.5 Å². The summed E-state index contributed by atoms with van der Waals surface area (Å²) in [6.45, 7) is 2.03. The number of rotatable bonds is 9. The molecular weight excluding hydrogens is 644 g/mol. The molecule has 2 aliphatic heterocycles. The monoisotopic (exact) mass is 678 g/mol. The maximum atomic E-state index is 14.5. The molecule has 6 atom stereocenters. The molecule has 2 heterocycles. The summed E-state index contributed by atoms with van der Waals surface area (Å²) >= 11 is 3.42. The number of anilines is 1. The number of allylic oxidation sites excluding steroid dienone is 2. The molecule has 2 aromatic carbocycles. The molecule has 2 aliphatic carbocycles. The van der Waals surface area contributed by atoms with Crippen molar-refractivity contribution in [1.29, 1.82) is 0 Å². The van der Waals surface area contributed by atoms with Gasteiger partial charge in [-0.2, -0.15) is 0 Å². The van der Waals surface area contributed by atoms with E-state index in [1.165, 1.54) is 16.9 Å². The molecule has 6 rings (SSSR count). The Morgan fingerprint density at radius 3 is 2.44 bits per heavy atom. The van der Waals surface area contributed by atoms with Gasteiger partial charge in [0.25, 0.3) is 0 Å². The Hall–Kier alpha value is -3.99. The average molecular weight is 680 g/mol. The van der Waals surface area contributed by atoms with Crippen LogP contribution >= 0.6 is 15.9 Å². The molecule has 10 nitrogen and oxygen atoms in total. The number of likely N-dealkylation sites (tertiary alicyclic amines) is 1. The number of hydrogen-bond donors (Lipinski definition) is 2. The van der Waals surface area contributed by atoms with Gasteiger partial charge < -0.3 is 14.9 Å². The number of carbonyl (C=O) groups is 5. The molecule has 11 heteroatoms. The van der Waals surface area contributed by atoms with Gasteiger partial charge in [0, 0.05) is 18.9 Å². The smallest absolute Gasteiger partial charge is 0.303 e. The highest BCUT2D eigenvalue weighted by Gasteiger charge is 2.67. The number of carboxylic acid groups (broad SMARTS) is 1. The van der Waals surface area contributed by atoms with Crippen molar-refractivity contribution in [3.63, 3.8) is 0 Å². The first kappa shape index (κ1) is 31.0. The number of hydrogen-bond acceptors (Lipinski definition) is 7. The molecule has 0 aromatic heterocycles. The summed E-state index contributed by atoms with van der Waals surface area (Å²) < 4.78 is 5.83. The summed E-state index contributed by atoms with van der Waals surface area (Å²) in [5.74, 6) is -5.03. The molecule has 0 spiro atoms. The van der Waals surface area contributed by atoms with Gasteiger partial charge in [-0.05, 0) is 84.3 Å². The number of phenolic OH excluding ortho intramolecular Hbond substituents is 1. The van der Waals surface area contributed by atoms with Crippen LogP contribution in [-0.4, -0.2) is 58.4 Å². The average Bonchev–Trinajstić information content (AvgIpc) is 3.38. The molecule has 4 aliphatic rings. The number of para-hydroxylation sites is 1. The van der Waals surface area contributed by atoms with Crippen LogP contribution in [0.3, 0.4) is 0 Å². The summed E-state index contributed by atoms with van der Waals surface area (Å²) in [6.07, 6.45) is 4.15. The van der Waals surface area contributed by atoms with Crippen molar-refractivity contribution in [3.05, 3.63) is 64.1 Å². The maximum Gasteiger partial charge on any atom is 0.303 e. The summed E-state index contributed by atoms with van der Waals surface area (Å²) in [7, 11) is 1.43. The van der Waals surface area contributed by atoms with E-state index in [4.69, 9.17) is 9.84 Å². The molecule has 2 saturated heterocycles. The number of amides is 4. The van der Waals surface area contributed by atoms with Crippen molar-refractivity contribution in [2.45, 2.75) is 51.4 Å². The zero-order valence-electron chi connectivity index (χ0n) is 25.1. The number of phenols is 1. The van der Waals surface area contributed by atoms with Crippen LogP contribution in [0.2, 0.25) is 0 Å². The zero-order valence-corrected chi connectivity index (χ0v) is 26.7. The quantitative estimate of drug-likeness (QED) is 0.214. The first-order chi connectivity index (χ1) is 21.5. The van der Waals surface area contributed by atoms with Gasteiger partial charge in [0.2, 0.25) is 23.6 Å². The van der Waals surface area contributed by atoms with E-state index in [0.717, 1.165) is 5.57 Å². The minimum absolute atomic E-state index is 0.0367. The van der Waals surface area contributed by atoms with Crippen LogP contribution in [0.4, 0.5) is 5.69 Å². The highest BCUT2D eigenvalue weighted by Crippen LogP contribution is 2.64. The Bertz CT molecular complexity index is 1620. The molecule has 1 saturated carbocycles. The minimum Gasteiger partial charge on any atom is -0.503 e. The molecule has 4 amide bonds. The van der Waals surface area contributed by atoms with Gasteiger partial charge in [0.05, 0.1) is 40.4 Å². The number of carboxylic acids is 1. The molecule has 0 radical (unpaired) electrons. The minimum atomic E-state index is -1.21. The topological polar surface area (TPSA) is 142 Å². The lowest BCUT2D eigenvalue weighted by Gasteiger charge is -2.49. The fraction of sp³-hybridized carbons (Fsp3) is 0.441. The Kier molecular flexibility index (Phi) is 8.09. The second-order valence-corrected chi connectivity index (χ2v) is 13.4. The summed E-state index contributed by atoms with van der Waals surface area (Å²) in [6, 6.07) is 12.2. The molecule has 2 N–H and O–H groups in total. The van der Waals surface area contributed by atoms with Crippen molar-refractivity contribution in [2.24, 2.45) is 29.1 Å². The van der Waals surface area contributed by atoms with Gasteiger partial charge in [-0.25, -0.2) is 4.90 Å². The van der Waals surface area contributed by atoms with Crippen molar-refractivity contribution < 1.29 is 38.9 Å². The van der Waals surface area contributed by atoms with E-state index in [0.29, 0.717) is 41.4 Å². The normalized spacial score (nSPS) is 29.0. The van der Waals surface area contributed by atoms with Crippen molar-refractivity contribution >= 4 is 51.2 Å². The number of halogens is 1. The largest absolute Gasteiger partial charge is 0.503 e. The lowest BCUT2D eigenvalue weighted by molar-refractivity contribution is -0.141. The lowest BCUT2D eigenvalue weighted by Crippen LogP contribution is -2.48. The molecule has 2 aromatic rings. The fourth-order valence-corrected chi connectivity index (χ4v) is 8.60.